The van der Waals surface area contributed by atoms with E-state index in [1.54, 1.807) is 28.4 Å². The van der Waals surface area contributed by atoms with Gasteiger partial charge in [-0.3, -0.25) is 0 Å². The molecule has 0 radical (unpaired) electrons. The molecule has 4 rings (SSSR count). The van der Waals surface area contributed by atoms with Crippen molar-refractivity contribution in [3.63, 3.8) is 0 Å². The summed E-state index contributed by atoms with van der Waals surface area (Å²) in [6, 6.07) is 14.0. The van der Waals surface area contributed by atoms with Gasteiger partial charge in [0.15, 0.2) is 0 Å². The summed E-state index contributed by atoms with van der Waals surface area (Å²) in [5.74, 6) is 3.25. The van der Waals surface area contributed by atoms with Crippen molar-refractivity contribution in [2.24, 2.45) is 0 Å². The SMILES string of the molecule is COc1ccc(C=C2c3cc4c(OC)ccc(OC)c4cc32)c(OC)c1. The Morgan fingerprint density at radius 1 is 0.615 bits per heavy atom. The van der Waals surface area contributed by atoms with E-state index >= 15 is 0 Å². The highest BCUT2D eigenvalue weighted by Crippen LogP contribution is 2.49. The quantitative estimate of drug-likeness (QED) is 0.520. The summed E-state index contributed by atoms with van der Waals surface area (Å²) in [5, 5.41) is 2.10. The number of hydrogen-bond donors (Lipinski definition) is 0. The fraction of sp³-hybridized carbons (Fsp3) is 0.182. The summed E-state index contributed by atoms with van der Waals surface area (Å²) in [6.07, 6.45) is 2.14. The van der Waals surface area contributed by atoms with Crippen LogP contribution in [0.3, 0.4) is 0 Å². The van der Waals surface area contributed by atoms with Crippen LogP contribution in [-0.4, -0.2) is 28.4 Å². The van der Waals surface area contributed by atoms with Crippen LogP contribution in [0.25, 0.3) is 22.4 Å². The highest BCUT2D eigenvalue weighted by Gasteiger charge is 2.27. The molecule has 1 aliphatic rings. The Morgan fingerprint density at radius 3 is 1.69 bits per heavy atom. The van der Waals surface area contributed by atoms with E-state index in [0.29, 0.717) is 0 Å². The van der Waals surface area contributed by atoms with Crippen molar-refractivity contribution >= 4 is 22.4 Å². The first-order chi connectivity index (χ1) is 12.7. The van der Waals surface area contributed by atoms with Gasteiger partial charge in [-0.15, -0.1) is 0 Å². The molecule has 0 saturated carbocycles. The van der Waals surface area contributed by atoms with Crippen molar-refractivity contribution in [3.05, 3.63) is 59.2 Å². The molecule has 4 heteroatoms. The zero-order chi connectivity index (χ0) is 18.3. The number of methoxy groups -OCH3 is 4. The van der Waals surface area contributed by atoms with Crippen LogP contribution in [0.4, 0.5) is 0 Å². The van der Waals surface area contributed by atoms with Gasteiger partial charge in [-0.2, -0.15) is 0 Å². The van der Waals surface area contributed by atoms with E-state index in [1.165, 1.54) is 16.7 Å². The minimum absolute atomic E-state index is 0.775. The summed E-state index contributed by atoms with van der Waals surface area (Å²) < 4.78 is 21.8. The molecule has 0 fully saturated rings. The second-order valence-corrected chi connectivity index (χ2v) is 6.08. The molecule has 0 aromatic heterocycles. The Hall–Kier alpha value is -3.14. The van der Waals surface area contributed by atoms with Crippen LogP contribution in [0.2, 0.25) is 0 Å². The molecule has 0 N–H and O–H groups in total. The average molecular weight is 348 g/mol. The van der Waals surface area contributed by atoms with Crippen molar-refractivity contribution in [2.45, 2.75) is 0 Å². The van der Waals surface area contributed by atoms with Crippen molar-refractivity contribution in [1.29, 1.82) is 0 Å². The van der Waals surface area contributed by atoms with E-state index in [9.17, 15) is 0 Å². The Labute approximate surface area is 152 Å². The standard InChI is InChI=1S/C22H20O4/c1-23-14-6-5-13(22(10-14)26-4)9-15-16-11-18-19(12-17(15)16)21(25-3)8-7-20(18)24-2/h5-12H,1-4H3. The van der Waals surface area contributed by atoms with Gasteiger partial charge in [0.2, 0.25) is 0 Å². The van der Waals surface area contributed by atoms with Crippen LogP contribution >= 0.6 is 0 Å². The maximum Gasteiger partial charge on any atom is 0.129 e. The average Bonchev–Trinajstić information content (AvgIpc) is 3.36. The van der Waals surface area contributed by atoms with E-state index in [0.717, 1.165) is 39.3 Å². The molecule has 0 saturated heterocycles. The molecule has 0 heterocycles. The fourth-order valence-corrected chi connectivity index (χ4v) is 3.33. The number of ether oxygens (including phenoxy) is 4. The van der Waals surface area contributed by atoms with E-state index < -0.39 is 0 Å². The van der Waals surface area contributed by atoms with Crippen LogP contribution in [0, 0.1) is 0 Å². The summed E-state index contributed by atoms with van der Waals surface area (Å²) in [4.78, 5) is 0. The molecule has 4 nitrogen and oxygen atoms in total. The molecular weight excluding hydrogens is 328 g/mol. The predicted octanol–water partition coefficient (Wildman–Crippen LogP) is 4.78. The second-order valence-electron chi connectivity index (χ2n) is 6.08. The monoisotopic (exact) mass is 348 g/mol. The third kappa shape index (κ3) is 2.54. The number of benzene rings is 3. The van der Waals surface area contributed by atoms with Gasteiger partial charge >= 0.3 is 0 Å². The number of hydrogen-bond acceptors (Lipinski definition) is 4. The fourth-order valence-electron chi connectivity index (χ4n) is 3.33. The Balaban J connectivity index is 1.81. The first-order valence-corrected chi connectivity index (χ1v) is 8.33. The van der Waals surface area contributed by atoms with E-state index in [1.807, 2.05) is 30.3 Å². The number of rotatable bonds is 5. The van der Waals surface area contributed by atoms with Crippen molar-refractivity contribution < 1.29 is 18.9 Å². The third-order valence-corrected chi connectivity index (χ3v) is 4.77. The molecule has 0 amide bonds. The lowest BCUT2D eigenvalue weighted by Crippen LogP contribution is -1.89. The minimum Gasteiger partial charge on any atom is -0.497 e. The van der Waals surface area contributed by atoms with Crippen molar-refractivity contribution in [3.8, 4) is 23.0 Å². The van der Waals surface area contributed by atoms with Gasteiger partial charge in [-0.05, 0) is 59.2 Å². The maximum absolute atomic E-state index is 5.51. The summed E-state index contributed by atoms with van der Waals surface area (Å²) in [6.45, 7) is 0. The molecule has 1 aliphatic carbocycles. The first-order valence-electron chi connectivity index (χ1n) is 8.33. The van der Waals surface area contributed by atoms with Gasteiger partial charge in [-0.1, -0.05) is 0 Å². The molecule has 3 aromatic rings. The topological polar surface area (TPSA) is 36.9 Å². The smallest absolute Gasteiger partial charge is 0.129 e. The highest BCUT2D eigenvalue weighted by atomic mass is 16.5. The zero-order valence-electron chi connectivity index (χ0n) is 15.3. The van der Waals surface area contributed by atoms with Crippen molar-refractivity contribution in [1.82, 2.24) is 0 Å². The lowest BCUT2D eigenvalue weighted by Gasteiger charge is -2.08. The first kappa shape index (κ1) is 16.3. The maximum atomic E-state index is 5.51. The van der Waals surface area contributed by atoms with Gasteiger partial charge in [0, 0.05) is 22.4 Å². The van der Waals surface area contributed by atoms with Gasteiger partial charge in [0.1, 0.15) is 23.0 Å². The van der Waals surface area contributed by atoms with Crippen LogP contribution < -0.4 is 18.9 Å². The summed E-state index contributed by atoms with van der Waals surface area (Å²) in [7, 11) is 6.69. The molecule has 0 unspecified atom stereocenters. The predicted molar refractivity (Wildman–Crippen MR) is 104 cm³/mol. The molecule has 0 bridgehead atoms. The summed E-state index contributed by atoms with van der Waals surface area (Å²) in [5.41, 5.74) is 4.67. The Morgan fingerprint density at radius 2 is 1.19 bits per heavy atom. The molecule has 132 valence electrons. The molecule has 0 aliphatic heterocycles. The van der Waals surface area contributed by atoms with Gasteiger partial charge in [0.05, 0.1) is 28.4 Å². The Kier molecular flexibility index (Phi) is 3.96. The van der Waals surface area contributed by atoms with Crippen LogP contribution in [0.15, 0.2) is 42.5 Å². The summed E-state index contributed by atoms with van der Waals surface area (Å²) >= 11 is 0. The van der Waals surface area contributed by atoms with E-state index in [-0.39, 0.29) is 0 Å². The minimum atomic E-state index is 0.775. The second kappa shape index (κ2) is 6.30. The van der Waals surface area contributed by atoms with Gasteiger partial charge in [-0.25, -0.2) is 0 Å². The third-order valence-electron chi connectivity index (χ3n) is 4.77. The van der Waals surface area contributed by atoms with Gasteiger partial charge in [0.25, 0.3) is 0 Å². The number of fused-ring (bicyclic) bond motifs is 2. The lowest BCUT2D eigenvalue weighted by atomic mass is 10.1. The Bertz CT molecular complexity index is 981. The van der Waals surface area contributed by atoms with Crippen molar-refractivity contribution in [2.75, 3.05) is 28.4 Å². The zero-order valence-corrected chi connectivity index (χ0v) is 15.3. The van der Waals surface area contributed by atoms with E-state index in [4.69, 9.17) is 18.9 Å². The molecule has 0 spiro atoms. The van der Waals surface area contributed by atoms with Gasteiger partial charge < -0.3 is 18.9 Å². The molecule has 0 atom stereocenters. The normalized spacial score (nSPS) is 11.8. The molecule has 3 aromatic carbocycles. The molecular formula is C22H20O4. The van der Waals surface area contributed by atoms with Crippen LogP contribution in [-0.2, 0) is 0 Å². The molecule has 26 heavy (non-hydrogen) atoms. The van der Waals surface area contributed by atoms with Crippen LogP contribution in [0.1, 0.15) is 16.7 Å². The largest absolute Gasteiger partial charge is 0.497 e. The van der Waals surface area contributed by atoms with E-state index in [2.05, 4.69) is 18.2 Å². The van der Waals surface area contributed by atoms with Crippen LogP contribution in [0.5, 0.6) is 23.0 Å². The lowest BCUT2D eigenvalue weighted by molar-refractivity contribution is 0.394. The highest BCUT2D eigenvalue weighted by molar-refractivity contribution is 6.13.